The van der Waals surface area contributed by atoms with Crippen molar-refractivity contribution in [3.63, 3.8) is 0 Å². The van der Waals surface area contributed by atoms with Crippen molar-refractivity contribution in [2.24, 2.45) is 0 Å². The first-order chi connectivity index (χ1) is 12.1. The van der Waals surface area contributed by atoms with E-state index in [0.717, 1.165) is 4.80 Å². The number of aromatic nitrogens is 6. The monoisotopic (exact) mass is 394 g/mol. The maximum Gasteiger partial charge on any atom is 0.327 e. The number of carbonyl (C=O) groups is 1. The molecule has 0 aliphatic heterocycles. The number of rotatable bonds is 6. The van der Waals surface area contributed by atoms with Crippen LogP contribution in [0.1, 0.15) is 32.2 Å². The maximum atomic E-state index is 10.6. The van der Waals surface area contributed by atoms with E-state index in [9.17, 15) is 4.79 Å². The quantitative estimate of drug-likeness (QED) is 0.449. The Labute approximate surface area is 156 Å². The average Bonchev–Trinajstić information content (AvgIpc) is 3.14. The summed E-state index contributed by atoms with van der Waals surface area (Å²) in [4.78, 5) is 11.6. The van der Waals surface area contributed by atoms with Crippen LogP contribution in [0.5, 0.6) is 0 Å². The Hall–Kier alpha value is -2.16. The first-order valence-electron chi connectivity index (χ1n) is 8.05. The van der Waals surface area contributed by atoms with Gasteiger partial charge < -0.3 is 9.53 Å². The highest BCUT2D eigenvalue weighted by Gasteiger charge is 2.36. The SMILES string of the molecule is CC(C)(C)[Si](C)(C)OCCC#Cc1nnc(-c2nnn(CC(=O)O)n2)s1. The number of carboxylic acids is 1. The Morgan fingerprint density at radius 3 is 2.69 bits per heavy atom. The Morgan fingerprint density at radius 2 is 2.04 bits per heavy atom. The molecular formula is C15H22N6O3SSi. The van der Waals surface area contributed by atoms with Crippen molar-refractivity contribution in [3.8, 4) is 22.7 Å². The van der Waals surface area contributed by atoms with E-state index in [-0.39, 0.29) is 17.4 Å². The van der Waals surface area contributed by atoms with Gasteiger partial charge in [0.15, 0.2) is 24.9 Å². The third-order valence-electron chi connectivity index (χ3n) is 4.04. The lowest BCUT2D eigenvalue weighted by Gasteiger charge is -2.35. The molecule has 26 heavy (non-hydrogen) atoms. The molecule has 0 bridgehead atoms. The van der Waals surface area contributed by atoms with Crippen LogP contribution in [0.25, 0.3) is 10.8 Å². The van der Waals surface area contributed by atoms with E-state index in [0.29, 0.717) is 23.0 Å². The Morgan fingerprint density at radius 1 is 1.31 bits per heavy atom. The van der Waals surface area contributed by atoms with Gasteiger partial charge in [-0.05, 0) is 29.3 Å². The van der Waals surface area contributed by atoms with Gasteiger partial charge in [-0.1, -0.05) is 38.0 Å². The zero-order valence-electron chi connectivity index (χ0n) is 15.5. The van der Waals surface area contributed by atoms with Crippen LogP contribution in [-0.4, -0.2) is 56.4 Å². The number of hydrogen-bond donors (Lipinski definition) is 1. The second-order valence-corrected chi connectivity index (χ2v) is 12.9. The molecule has 2 aromatic heterocycles. The third-order valence-corrected chi connectivity index (χ3v) is 9.41. The second-order valence-electron chi connectivity index (χ2n) is 7.11. The molecule has 11 heteroatoms. The fourth-order valence-corrected chi connectivity index (χ4v) is 3.28. The second kappa shape index (κ2) is 8.03. The number of hydrogen-bond acceptors (Lipinski definition) is 8. The minimum atomic E-state index is -1.74. The number of nitrogens with zero attached hydrogens (tertiary/aromatic N) is 6. The highest BCUT2D eigenvalue weighted by atomic mass is 32.1. The van der Waals surface area contributed by atoms with Crippen molar-refractivity contribution in [3.05, 3.63) is 5.01 Å². The van der Waals surface area contributed by atoms with Gasteiger partial charge in [0.2, 0.25) is 5.82 Å². The molecule has 0 aliphatic rings. The summed E-state index contributed by atoms with van der Waals surface area (Å²) in [6.07, 6.45) is 0.620. The molecule has 9 nitrogen and oxygen atoms in total. The van der Waals surface area contributed by atoms with Crippen molar-refractivity contribution in [2.45, 2.75) is 51.9 Å². The minimum Gasteiger partial charge on any atom is -0.480 e. The summed E-state index contributed by atoms with van der Waals surface area (Å²) in [7, 11) is -1.74. The molecule has 0 aromatic carbocycles. The van der Waals surface area contributed by atoms with Crippen LogP contribution in [0.2, 0.25) is 18.1 Å². The fraction of sp³-hybridized carbons (Fsp3) is 0.600. The fourth-order valence-electron chi connectivity index (χ4n) is 1.59. The van der Waals surface area contributed by atoms with Crippen molar-refractivity contribution in [1.82, 2.24) is 30.4 Å². The summed E-state index contributed by atoms with van der Waals surface area (Å²) in [6.45, 7) is 11.3. The van der Waals surface area contributed by atoms with E-state index in [2.05, 4.69) is 71.3 Å². The van der Waals surface area contributed by atoms with Crippen LogP contribution in [0, 0.1) is 11.8 Å². The van der Waals surface area contributed by atoms with Gasteiger partial charge in [0.05, 0.1) is 0 Å². The van der Waals surface area contributed by atoms with Gasteiger partial charge in [-0.25, -0.2) is 0 Å². The average molecular weight is 395 g/mol. The number of tetrazole rings is 1. The normalized spacial score (nSPS) is 11.9. The lowest BCUT2D eigenvalue weighted by molar-refractivity contribution is -0.138. The molecule has 0 saturated heterocycles. The Kier molecular flexibility index (Phi) is 6.22. The van der Waals surface area contributed by atoms with Crippen LogP contribution >= 0.6 is 11.3 Å². The summed E-state index contributed by atoms with van der Waals surface area (Å²) < 4.78 is 6.07. The summed E-state index contributed by atoms with van der Waals surface area (Å²) in [5.41, 5.74) is 0. The molecule has 2 aromatic rings. The zero-order valence-corrected chi connectivity index (χ0v) is 17.3. The van der Waals surface area contributed by atoms with E-state index < -0.39 is 14.3 Å². The van der Waals surface area contributed by atoms with Gasteiger partial charge in [-0.15, -0.1) is 20.4 Å². The van der Waals surface area contributed by atoms with Crippen LogP contribution in [0.3, 0.4) is 0 Å². The molecule has 0 aliphatic carbocycles. The van der Waals surface area contributed by atoms with Gasteiger partial charge in [0.1, 0.15) is 0 Å². The van der Waals surface area contributed by atoms with Gasteiger partial charge in [-0.3, -0.25) is 4.79 Å². The van der Waals surface area contributed by atoms with Gasteiger partial charge in [0, 0.05) is 13.0 Å². The van der Waals surface area contributed by atoms with E-state index in [1.54, 1.807) is 0 Å². The first-order valence-corrected chi connectivity index (χ1v) is 11.8. The third kappa shape index (κ3) is 5.42. The molecule has 0 atom stereocenters. The van der Waals surface area contributed by atoms with Crippen LogP contribution in [0.15, 0.2) is 0 Å². The summed E-state index contributed by atoms with van der Waals surface area (Å²) >= 11 is 1.23. The van der Waals surface area contributed by atoms with Crippen LogP contribution in [-0.2, 0) is 15.8 Å². The van der Waals surface area contributed by atoms with Crippen molar-refractivity contribution in [2.75, 3.05) is 6.61 Å². The zero-order chi connectivity index (χ0) is 19.4. The van der Waals surface area contributed by atoms with Gasteiger partial charge >= 0.3 is 5.97 Å². The lowest BCUT2D eigenvalue weighted by Crippen LogP contribution is -2.40. The van der Waals surface area contributed by atoms with Crippen molar-refractivity contribution < 1.29 is 14.3 Å². The van der Waals surface area contributed by atoms with Crippen molar-refractivity contribution >= 4 is 25.6 Å². The maximum absolute atomic E-state index is 10.6. The highest BCUT2D eigenvalue weighted by Crippen LogP contribution is 2.36. The smallest absolute Gasteiger partial charge is 0.327 e. The molecule has 2 rings (SSSR count). The minimum absolute atomic E-state index is 0.180. The topological polar surface area (TPSA) is 116 Å². The van der Waals surface area contributed by atoms with Crippen LogP contribution < -0.4 is 0 Å². The molecule has 0 amide bonds. The number of carboxylic acid groups (broad SMARTS) is 1. The molecule has 140 valence electrons. The highest BCUT2D eigenvalue weighted by molar-refractivity contribution is 7.15. The predicted octanol–water partition coefficient (Wildman–Crippen LogP) is 2.04. The Balaban J connectivity index is 1.90. The molecule has 0 saturated carbocycles. The lowest BCUT2D eigenvalue weighted by atomic mass is 10.2. The standard InChI is InChI=1S/C15H22N6O3SSi/c1-15(2,3)26(4,5)24-9-7-6-8-11-16-18-14(25-11)13-17-20-21(19-13)10-12(22)23/h7,9-10H2,1-5H3,(H,22,23). The van der Waals surface area contributed by atoms with Gasteiger partial charge in [-0.2, -0.15) is 4.80 Å². The molecule has 0 radical (unpaired) electrons. The summed E-state index contributed by atoms with van der Waals surface area (Å²) in [5, 5.41) is 29.2. The van der Waals surface area contributed by atoms with E-state index >= 15 is 0 Å². The largest absolute Gasteiger partial charge is 0.480 e. The van der Waals surface area contributed by atoms with E-state index in [1.807, 2.05) is 0 Å². The first kappa shape index (κ1) is 20.2. The van der Waals surface area contributed by atoms with E-state index in [1.165, 1.54) is 11.3 Å². The molecule has 0 unspecified atom stereocenters. The number of aliphatic carboxylic acids is 1. The molecule has 2 heterocycles. The van der Waals surface area contributed by atoms with Crippen molar-refractivity contribution in [1.29, 1.82) is 0 Å². The summed E-state index contributed by atoms with van der Waals surface area (Å²) in [5.74, 6) is 5.18. The predicted molar refractivity (Wildman–Crippen MR) is 99.0 cm³/mol. The molecule has 0 fully saturated rings. The van der Waals surface area contributed by atoms with E-state index in [4.69, 9.17) is 9.53 Å². The Bertz CT molecular complexity index is 830. The van der Waals surface area contributed by atoms with Crippen LogP contribution in [0.4, 0.5) is 0 Å². The molecular weight excluding hydrogens is 372 g/mol. The van der Waals surface area contributed by atoms with Gasteiger partial charge in [0.25, 0.3) is 0 Å². The molecule has 1 N–H and O–H groups in total. The summed E-state index contributed by atoms with van der Waals surface area (Å²) in [6, 6.07) is 0. The molecule has 0 spiro atoms.